The Labute approximate surface area is 113 Å². The number of benzene rings is 2. The number of alkyl halides is 1. The summed E-state index contributed by atoms with van der Waals surface area (Å²) in [6.07, 6.45) is 0. The molecule has 0 aliphatic carbocycles. The topological polar surface area (TPSA) is 9.23 Å². The van der Waals surface area contributed by atoms with Gasteiger partial charge < -0.3 is 4.74 Å². The molecule has 2 aromatic rings. The molecule has 0 aliphatic heterocycles. The van der Waals surface area contributed by atoms with E-state index in [9.17, 15) is 8.78 Å². The average Bonchev–Trinajstić information content (AvgIpc) is 2.40. The zero-order chi connectivity index (χ0) is 13.0. The number of halogens is 3. The van der Waals surface area contributed by atoms with E-state index in [4.69, 9.17) is 4.74 Å². The molecule has 18 heavy (non-hydrogen) atoms. The lowest BCUT2D eigenvalue weighted by atomic mass is 10.2. The fourth-order valence-corrected chi connectivity index (χ4v) is 2.01. The molecule has 4 heteroatoms. The Balaban J connectivity index is 2.09. The molecule has 94 valence electrons. The van der Waals surface area contributed by atoms with Crippen molar-refractivity contribution in [3.63, 3.8) is 0 Å². The zero-order valence-electron chi connectivity index (χ0n) is 9.50. The Bertz CT molecular complexity index is 543. The number of para-hydroxylation sites is 1. The maximum Gasteiger partial charge on any atom is 0.159 e. The second kappa shape index (κ2) is 5.96. The minimum atomic E-state index is -0.857. The first-order valence-corrected chi connectivity index (χ1v) is 6.53. The standard InChI is InChI=1S/C14H11BrF2O/c15-8-11-3-1-2-4-14(11)18-9-10-5-6-12(16)13(17)7-10/h1-7H,8-9H2. The van der Waals surface area contributed by atoms with Crippen molar-refractivity contribution >= 4 is 15.9 Å². The van der Waals surface area contributed by atoms with Gasteiger partial charge in [0.25, 0.3) is 0 Å². The SMILES string of the molecule is Fc1ccc(COc2ccccc2CBr)cc1F. The molecular weight excluding hydrogens is 302 g/mol. The summed E-state index contributed by atoms with van der Waals surface area (Å²) < 4.78 is 31.4. The van der Waals surface area contributed by atoms with E-state index in [0.717, 1.165) is 23.4 Å². The second-order valence-corrected chi connectivity index (χ2v) is 4.34. The van der Waals surface area contributed by atoms with Crippen molar-refractivity contribution < 1.29 is 13.5 Å². The monoisotopic (exact) mass is 312 g/mol. The van der Waals surface area contributed by atoms with Crippen molar-refractivity contribution in [2.75, 3.05) is 0 Å². The van der Waals surface area contributed by atoms with Crippen molar-refractivity contribution in [3.05, 3.63) is 65.2 Å². The summed E-state index contributed by atoms with van der Waals surface area (Å²) in [7, 11) is 0. The molecule has 2 rings (SSSR count). The van der Waals surface area contributed by atoms with E-state index < -0.39 is 11.6 Å². The van der Waals surface area contributed by atoms with Crippen LogP contribution in [-0.2, 0) is 11.9 Å². The second-order valence-electron chi connectivity index (χ2n) is 3.78. The molecule has 0 saturated heterocycles. The highest BCUT2D eigenvalue weighted by Gasteiger charge is 2.05. The van der Waals surface area contributed by atoms with Gasteiger partial charge in [-0.15, -0.1) is 0 Å². The van der Waals surface area contributed by atoms with Crippen LogP contribution >= 0.6 is 15.9 Å². The summed E-state index contributed by atoms with van der Waals surface area (Å²) in [5.41, 5.74) is 1.61. The molecule has 0 fully saturated rings. The first-order valence-electron chi connectivity index (χ1n) is 5.41. The molecule has 0 unspecified atom stereocenters. The minimum absolute atomic E-state index is 0.210. The summed E-state index contributed by atoms with van der Waals surface area (Å²) in [4.78, 5) is 0. The van der Waals surface area contributed by atoms with Gasteiger partial charge in [-0.25, -0.2) is 8.78 Å². The molecule has 0 radical (unpaired) electrons. The van der Waals surface area contributed by atoms with E-state index in [0.29, 0.717) is 10.9 Å². The van der Waals surface area contributed by atoms with Crippen LogP contribution < -0.4 is 4.74 Å². The Morgan fingerprint density at radius 2 is 1.78 bits per heavy atom. The molecule has 0 aromatic heterocycles. The van der Waals surface area contributed by atoms with Crippen molar-refractivity contribution in [3.8, 4) is 5.75 Å². The molecular formula is C14H11BrF2O. The van der Waals surface area contributed by atoms with Crippen LogP contribution in [0.5, 0.6) is 5.75 Å². The first kappa shape index (κ1) is 13.0. The van der Waals surface area contributed by atoms with Gasteiger partial charge in [0.1, 0.15) is 12.4 Å². The van der Waals surface area contributed by atoms with Crippen LogP contribution in [0.15, 0.2) is 42.5 Å². The summed E-state index contributed by atoms with van der Waals surface area (Å²) in [6.45, 7) is 0.210. The number of hydrogen-bond donors (Lipinski definition) is 0. The van der Waals surface area contributed by atoms with E-state index in [1.165, 1.54) is 6.07 Å². The Kier molecular flexibility index (Phi) is 4.31. The van der Waals surface area contributed by atoms with E-state index in [2.05, 4.69) is 15.9 Å². The smallest absolute Gasteiger partial charge is 0.159 e. The largest absolute Gasteiger partial charge is 0.489 e. The van der Waals surface area contributed by atoms with Crippen LogP contribution in [0.25, 0.3) is 0 Å². The number of hydrogen-bond acceptors (Lipinski definition) is 1. The van der Waals surface area contributed by atoms with Crippen LogP contribution in [0.1, 0.15) is 11.1 Å². The van der Waals surface area contributed by atoms with Crippen LogP contribution in [0, 0.1) is 11.6 Å². The highest BCUT2D eigenvalue weighted by Crippen LogP contribution is 2.21. The third kappa shape index (κ3) is 3.07. The number of rotatable bonds is 4. The van der Waals surface area contributed by atoms with Crippen molar-refractivity contribution in [2.24, 2.45) is 0 Å². The molecule has 2 aromatic carbocycles. The molecule has 0 saturated carbocycles. The lowest BCUT2D eigenvalue weighted by molar-refractivity contribution is 0.303. The number of ether oxygens (including phenoxy) is 1. The van der Waals surface area contributed by atoms with Crippen LogP contribution in [-0.4, -0.2) is 0 Å². The fourth-order valence-electron chi connectivity index (χ4n) is 1.55. The molecule has 0 amide bonds. The summed E-state index contributed by atoms with van der Waals surface area (Å²) >= 11 is 3.37. The normalized spacial score (nSPS) is 10.4. The molecule has 0 bridgehead atoms. The molecule has 0 N–H and O–H groups in total. The minimum Gasteiger partial charge on any atom is -0.489 e. The lowest BCUT2D eigenvalue weighted by Gasteiger charge is -2.10. The summed E-state index contributed by atoms with van der Waals surface area (Å²) in [5.74, 6) is -0.969. The van der Waals surface area contributed by atoms with Crippen molar-refractivity contribution in [2.45, 2.75) is 11.9 Å². The third-order valence-corrected chi connectivity index (χ3v) is 3.10. The molecule has 0 spiro atoms. The average molecular weight is 313 g/mol. The molecule has 0 atom stereocenters. The van der Waals surface area contributed by atoms with Crippen molar-refractivity contribution in [1.82, 2.24) is 0 Å². The Hall–Kier alpha value is -1.42. The van der Waals surface area contributed by atoms with Gasteiger partial charge in [-0.2, -0.15) is 0 Å². The highest BCUT2D eigenvalue weighted by atomic mass is 79.9. The van der Waals surface area contributed by atoms with Gasteiger partial charge in [-0.1, -0.05) is 40.2 Å². The van der Waals surface area contributed by atoms with E-state index in [1.54, 1.807) is 0 Å². The zero-order valence-corrected chi connectivity index (χ0v) is 11.1. The summed E-state index contributed by atoms with van der Waals surface area (Å²) in [6, 6.07) is 11.3. The Morgan fingerprint density at radius 1 is 1.00 bits per heavy atom. The highest BCUT2D eigenvalue weighted by molar-refractivity contribution is 9.08. The first-order chi connectivity index (χ1) is 8.70. The predicted molar refractivity (Wildman–Crippen MR) is 69.8 cm³/mol. The van der Waals surface area contributed by atoms with Gasteiger partial charge in [-0.05, 0) is 23.8 Å². The van der Waals surface area contributed by atoms with Crippen molar-refractivity contribution in [1.29, 1.82) is 0 Å². The van der Waals surface area contributed by atoms with Crippen LogP contribution in [0.4, 0.5) is 8.78 Å². The molecule has 0 heterocycles. The van der Waals surface area contributed by atoms with Gasteiger partial charge in [-0.3, -0.25) is 0 Å². The van der Waals surface area contributed by atoms with E-state index in [1.807, 2.05) is 24.3 Å². The lowest BCUT2D eigenvalue weighted by Crippen LogP contribution is -1.99. The van der Waals surface area contributed by atoms with E-state index in [-0.39, 0.29) is 6.61 Å². The Morgan fingerprint density at radius 3 is 2.50 bits per heavy atom. The predicted octanol–water partition coefficient (Wildman–Crippen LogP) is 4.44. The van der Waals surface area contributed by atoms with Gasteiger partial charge in [0.05, 0.1) is 0 Å². The van der Waals surface area contributed by atoms with Gasteiger partial charge in [0, 0.05) is 10.9 Å². The van der Waals surface area contributed by atoms with Crippen LogP contribution in [0.3, 0.4) is 0 Å². The molecule has 0 aliphatic rings. The van der Waals surface area contributed by atoms with Gasteiger partial charge in [0.15, 0.2) is 11.6 Å². The third-order valence-electron chi connectivity index (χ3n) is 2.49. The van der Waals surface area contributed by atoms with Crippen LogP contribution in [0.2, 0.25) is 0 Å². The maximum atomic E-state index is 13.0. The van der Waals surface area contributed by atoms with Gasteiger partial charge in [0.2, 0.25) is 0 Å². The fraction of sp³-hybridized carbons (Fsp3) is 0.143. The summed E-state index contributed by atoms with van der Waals surface area (Å²) in [5, 5.41) is 0.682. The van der Waals surface area contributed by atoms with Gasteiger partial charge >= 0.3 is 0 Å². The molecule has 1 nitrogen and oxygen atoms in total. The maximum absolute atomic E-state index is 13.0. The quantitative estimate of drug-likeness (QED) is 0.758. The van der Waals surface area contributed by atoms with E-state index >= 15 is 0 Å².